The average Bonchev–Trinajstić information content (AvgIpc) is 2.97. The zero-order valence-corrected chi connectivity index (χ0v) is 11.5. The van der Waals surface area contributed by atoms with Crippen LogP contribution < -0.4 is 4.74 Å². The fourth-order valence-electron chi connectivity index (χ4n) is 2.28. The summed E-state index contributed by atoms with van der Waals surface area (Å²) in [5, 5.41) is 0. The molecule has 0 bridgehead atoms. The van der Waals surface area contributed by atoms with Gasteiger partial charge in [0.15, 0.2) is 0 Å². The van der Waals surface area contributed by atoms with Crippen LogP contribution in [0.15, 0.2) is 73.1 Å². The molecule has 3 rings (SSSR count). The van der Waals surface area contributed by atoms with Crippen molar-refractivity contribution in [3.63, 3.8) is 0 Å². The van der Waals surface area contributed by atoms with Gasteiger partial charge >= 0.3 is 0 Å². The lowest BCUT2D eigenvalue weighted by Crippen LogP contribution is -1.96. The molecule has 2 heteroatoms. The number of hydrogen-bond acceptors (Lipinski definition) is 1. The predicted octanol–water partition coefficient (Wildman–Crippen LogP) is 4.21. The van der Waals surface area contributed by atoms with E-state index in [1.54, 1.807) is 7.11 Å². The fraction of sp³-hybridized carbons (Fsp3) is 0.111. The molecule has 0 atom stereocenters. The predicted molar refractivity (Wildman–Crippen MR) is 82.0 cm³/mol. The number of rotatable bonds is 4. The van der Waals surface area contributed by atoms with E-state index >= 15 is 0 Å². The maximum atomic E-state index is 5.17. The van der Waals surface area contributed by atoms with E-state index in [1.807, 2.05) is 18.2 Å². The summed E-state index contributed by atoms with van der Waals surface area (Å²) in [6.45, 7) is 0.872. The van der Waals surface area contributed by atoms with Crippen LogP contribution in [-0.4, -0.2) is 11.7 Å². The minimum Gasteiger partial charge on any atom is -0.497 e. The van der Waals surface area contributed by atoms with Crippen LogP contribution >= 0.6 is 0 Å². The Morgan fingerprint density at radius 1 is 0.850 bits per heavy atom. The van der Waals surface area contributed by atoms with Crippen LogP contribution in [0.4, 0.5) is 0 Å². The van der Waals surface area contributed by atoms with E-state index in [1.165, 1.54) is 16.7 Å². The quantitative estimate of drug-likeness (QED) is 0.687. The van der Waals surface area contributed by atoms with Gasteiger partial charge in [-0.2, -0.15) is 0 Å². The second kappa shape index (κ2) is 5.66. The lowest BCUT2D eigenvalue weighted by atomic mass is 10.1. The van der Waals surface area contributed by atoms with Gasteiger partial charge in [-0.25, -0.2) is 0 Å². The third kappa shape index (κ3) is 2.75. The van der Waals surface area contributed by atoms with E-state index in [4.69, 9.17) is 4.74 Å². The Morgan fingerprint density at radius 2 is 1.60 bits per heavy atom. The molecule has 2 nitrogen and oxygen atoms in total. The van der Waals surface area contributed by atoms with E-state index in [2.05, 4.69) is 59.4 Å². The van der Waals surface area contributed by atoms with Crippen molar-refractivity contribution in [3.05, 3.63) is 78.6 Å². The van der Waals surface area contributed by atoms with Crippen molar-refractivity contribution >= 4 is 0 Å². The summed E-state index contributed by atoms with van der Waals surface area (Å²) in [6, 6.07) is 20.8. The maximum Gasteiger partial charge on any atom is 0.118 e. The standard InChI is InChI=1S/C18H17NO/c1-20-18-9-7-15(8-10-18)13-19-12-11-17(14-19)16-5-3-2-4-6-16/h2-12,14H,13H2,1H3. The Labute approximate surface area is 119 Å². The topological polar surface area (TPSA) is 14.2 Å². The Morgan fingerprint density at radius 3 is 2.30 bits per heavy atom. The molecule has 1 aromatic heterocycles. The molecule has 0 aliphatic rings. The highest BCUT2D eigenvalue weighted by Gasteiger charge is 2.01. The van der Waals surface area contributed by atoms with Crippen LogP contribution in [0.5, 0.6) is 5.75 Å². The van der Waals surface area contributed by atoms with Crippen molar-refractivity contribution in [2.75, 3.05) is 7.11 Å². The molecule has 0 amide bonds. The molecule has 0 unspecified atom stereocenters. The van der Waals surface area contributed by atoms with E-state index < -0.39 is 0 Å². The van der Waals surface area contributed by atoms with E-state index in [0.717, 1.165) is 12.3 Å². The van der Waals surface area contributed by atoms with Gasteiger partial charge in [-0.05, 0) is 34.9 Å². The zero-order valence-electron chi connectivity index (χ0n) is 11.5. The molecule has 0 radical (unpaired) electrons. The molecule has 0 fully saturated rings. The van der Waals surface area contributed by atoms with Gasteiger partial charge in [0.05, 0.1) is 7.11 Å². The van der Waals surface area contributed by atoms with Crippen molar-refractivity contribution in [1.29, 1.82) is 0 Å². The number of aromatic nitrogens is 1. The first-order valence-corrected chi connectivity index (χ1v) is 6.69. The van der Waals surface area contributed by atoms with Gasteiger partial charge in [-0.15, -0.1) is 0 Å². The van der Waals surface area contributed by atoms with Crippen LogP contribution in [0.1, 0.15) is 5.56 Å². The van der Waals surface area contributed by atoms with Gasteiger partial charge in [-0.1, -0.05) is 42.5 Å². The summed E-state index contributed by atoms with van der Waals surface area (Å²) in [6.07, 6.45) is 4.30. The monoisotopic (exact) mass is 263 g/mol. The fourth-order valence-corrected chi connectivity index (χ4v) is 2.28. The molecule has 0 aliphatic carbocycles. The van der Waals surface area contributed by atoms with Crippen molar-refractivity contribution in [1.82, 2.24) is 4.57 Å². The van der Waals surface area contributed by atoms with Crippen LogP contribution in [0, 0.1) is 0 Å². The Balaban J connectivity index is 1.77. The third-order valence-corrected chi connectivity index (χ3v) is 3.38. The molecule has 1 heterocycles. The SMILES string of the molecule is COc1ccc(Cn2ccc(-c3ccccc3)c2)cc1. The summed E-state index contributed by atoms with van der Waals surface area (Å²) < 4.78 is 7.37. The smallest absolute Gasteiger partial charge is 0.118 e. The van der Waals surface area contributed by atoms with E-state index in [9.17, 15) is 0 Å². The molecule has 0 spiro atoms. The number of benzene rings is 2. The Bertz CT molecular complexity index is 668. The molecule has 0 saturated heterocycles. The number of methoxy groups -OCH3 is 1. The highest BCUT2D eigenvalue weighted by atomic mass is 16.5. The molecular formula is C18H17NO. The zero-order chi connectivity index (χ0) is 13.8. The van der Waals surface area contributed by atoms with Gasteiger partial charge < -0.3 is 9.30 Å². The Hall–Kier alpha value is -2.48. The van der Waals surface area contributed by atoms with Crippen molar-refractivity contribution in [2.24, 2.45) is 0 Å². The first-order chi connectivity index (χ1) is 9.85. The average molecular weight is 263 g/mol. The lowest BCUT2D eigenvalue weighted by molar-refractivity contribution is 0.414. The normalized spacial score (nSPS) is 10.4. The largest absolute Gasteiger partial charge is 0.497 e. The van der Waals surface area contributed by atoms with Gasteiger partial charge in [0, 0.05) is 18.9 Å². The summed E-state index contributed by atoms with van der Waals surface area (Å²) in [5.41, 5.74) is 3.76. The summed E-state index contributed by atoms with van der Waals surface area (Å²) in [5.74, 6) is 0.895. The molecular weight excluding hydrogens is 246 g/mol. The molecule has 0 N–H and O–H groups in total. The van der Waals surface area contributed by atoms with Gasteiger partial charge in [-0.3, -0.25) is 0 Å². The summed E-state index contributed by atoms with van der Waals surface area (Å²) >= 11 is 0. The molecule has 0 saturated carbocycles. The van der Waals surface area contributed by atoms with Gasteiger partial charge in [0.1, 0.15) is 5.75 Å². The highest BCUT2D eigenvalue weighted by Crippen LogP contribution is 2.20. The number of nitrogens with zero attached hydrogens (tertiary/aromatic N) is 1. The molecule has 0 aliphatic heterocycles. The Kier molecular flexibility index (Phi) is 3.55. The highest BCUT2D eigenvalue weighted by molar-refractivity contribution is 5.62. The number of hydrogen-bond donors (Lipinski definition) is 0. The lowest BCUT2D eigenvalue weighted by Gasteiger charge is -2.05. The maximum absolute atomic E-state index is 5.17. The minimum absolute atomic E-state index is 0.872. The van der Waals surface area contributed by atoms with Crippen LogP contribution in [0.2, 0.25) is 0 Å². The van der Waals surface area contributed by atoms with Crippen LogP contribution in [0.25, 0.3) is 11.1 Å². The van der Waals surface area contributed by atoms with Crippen molar-refractivity contribution in [2.45, 2.75) is 6.54 Å². The first-order valence-electron chi connectivity index (χ1n) is 6.69. The third-order valence-electron chi connectivity index (χ3n) is 3.38. The summed E-state index contributed by atoms with van der Waals surface area (Å²) in [4.78, 5) is 0. The van der Waals surface area contributed by atoms with Gasteiger partial charge in [0.2, 0.25) is 0 Å². The second-order valence-corrected chi connectivity index (χ2v) is 4.79. The van der Waals surface area contributed by atoms with Crippen molar-refractivity contribution in [3.8, 4) is 16.9 Å². The van der Waals surface area contributed by atoms with Crippen LogP contribution in [-0.2, 0) is 6.54 Å². The van der Waals surface area contributed by atoms with Crippen LogP contribution in [0.3, 0.4) is 0 Å². The molecule has 2 aromatic carbocycles. The first kappa shape index (κ1) is 12.5. The van der Waals surface area contributed by atoms with Gasteiger partial charge in [0.25, 0.3) is 0 Å². The molecule has 20 heavy (non-hydrogen) atoms. The van der Waals surface area contributed by atoms with E-state index in [-0.39, 0.29) is 0 Å². The molecule has 100 valence electrons. The second-order valence-electron chi connectivity index (χ2n) is 4.79. The number of ether oxygens (including phenoxy) is 1. The minimum atomic E-state index is 0.872. The summed E-state index contributed by atoms with van der Waals surface area (Å²) in [7, 11) is 1.69. The van der Waals surface area contributed by atoms with E-state index in [0.29, 0.717) is 0 Å². The molecule has 3 aromatic rings. The van der Waals surface area contributed by atoms with Crippen molar-refractivity contribution < 1.29 is 4.74 Å².